The third kappa shape index (κ3) is 3.81. The van der Waals surface area contributed by atoms with Crippen LogP contribution in [0.5, 0.6) is 0 Å². The van der Waals surface area contributed by atoms with Crippen molar-refractivity contribution in [1.82, 2.24) is 9.80 Å². The summed E-state index contributed by atoms with van der Waals surface area (Å²) < 4.78 is 0. The molecule has 4 nitrogen and oxygen atoms in total. The van der Waals surface area contributed by atoms with Crippen LogP contribution in [-0.2, 0) is 11.2 Å². The highest BCUT2D eigenvalue weighted by atomic mass is 16.3. The zero-order valence-electron chi connectivity index (χ0n) is 12.3. The summed E-state index contributed by atoms with van der Waals surface area (Å²) in [4.78, 5) is 16.4. The molecule has 20 heavy (non-hydrogen) atoms. The minimum Gasteiger partial charge on any atom is -0.383 e. The second-order valence-corrected chi connectivity index (χ2v) is 5.66. The lowest BCUT2D eigenvalue weighted by Crippen LogP contribution is -2.53. The Kier molecular flexibility index (Phi) is 5.15. The molecule has 1 fully saturated rings. The Hall–Kier alpha value is -1.39. The molecule has 1 heterocycles. The van der Waals surface area contributed by atoms with E-state index in [1.807, 2.05) is 30.3 Å². The first-order valence-electron chi connectivity index (χ1n) is 7.32. The Morgan fingerprint density at radius 2 is 1.75 bits per heavy atom. The van der Waals surface area contributed by atoms with Crippen LogP contribution in [0.4, 0.5) is 0 Å². The number of carbonyl (C=O) groups excluding carboxylic acids is 1. The Bertz CT molecular complexity index is 425. The van der Waals surface area contributed by atoms with Gasteiger partial charge in [0, 0.05) is 38.6 Å². The molecule has 1 N–H and O–H groups in total. The smallest absolute Gasteiger partial charge is 0.251 e. The van der Waals surface area contributed by atoms with Crippen LogP contribution in [0.15, 0.2) is 30.3 Å². The standard InChI is InChI=1S/C16H24N2O2/c1-13(2)17-8-10-18(11-9-17)16(20)15(19)12-14-6-4-3-5-7-14/h3-7,13,15,19H,8-12H2,1-2H3. The predicted molar refractivity (Wildman–Crippen MR) is 79.4 cm³/mol. The van der Waals surface area contributed by atoms with E-state index in [1.54, 1.807) is 4.90 Å². The lowest BCUT2D eigenvalue weighted by atomic mass is 10.1. The van der Waals surface area contributed by atoms with Gasteiger partial charge in [0.25, 0.3) is 5.91 Å². The van der Waals surface area contributed by atoms with Crippen molar-refractivity contribution < 1.29 is 9.90 Å². The molecule has 1 atom stereocenters. The lowest BCUT2D eigenvalue weighted by molar-refractivity contribution is -0.142. The second kappa shape index (κ2) is 6.86. The van der Waals surface area contributed by atoms with E-state index in [0.717, 1.165) is 18.7 Å². The quantitative estimate of drug-likeness (QED) is 0.897. The Morgan fingerprint density at radius 1 is 1.15 bits per heavy atom. The van der Waals surface area contributed by atoms with Crippen molar-refractivity contribution >= 4 is 5.91 Å². The average Bonchev–Trinajstić information content (AvgIpc) is 2.47. The topological polar surface area (TPSA) is 43.8 Å². The summed E-state index contributed by atoms with van der Waals surface area (Å²) in [6, 6.07) is 10.2. The monoisotopic (exact) mass is 276 g/mol. The van der Waals surface area contributed by atoms with Gasteiger partial charge in [0.05, 0.1) is 0 Å². The molecule has 2 rings (SSSR count). The van der Waals surface area contributed by atoms with Gasteiger partial charge in [-0.15, -0.1) is 0 Å². The lowest BCUT2D eigenvalue weighted by Gasteiger charge is -2.37. The number of carbonyl (C=O) groups is 1. The van der Waals surface area contributed by atoms with Gasteiger partial charge in [-0.3, -0.25) is 9.69 Å². The normalized spacial score (nSPS) is 18.3. The van der Waals surface area contributed by atoms with Gasteiger partial charge in [-0.2, -0.15) is 0 Å². The van der Waals surface area contributed by atoms with Crippen molar-refractivity contribution in [3.8, 4) is 0 Å². The molecule has 1 aliphatic heterocycles. The Balaban J connectivity index is 1.85. The summed E-state index contributed by atoms with van der Waals surface area (Å²) in [5.41, 5.74) is 0.995. The summed E-state index contributed by atoms with van der Waals surface area (Å²) in [6.45, 7) is 7.54. The van der Waals surface area contributed by atoms with E-state index in [2.05, 4.69) is 18.7 Å². The molecule has 0 bridgehead atoms. The van der Waals surface area contributed by atoms with E-state index in [0.29, 0.717) is 25.6 Å². The molecule has 0 aliphatic carbocycles. The molecule has 1 aromatic carbocycles. The molecule has 1 amide bonds. The fourth-order valence-corrected chi connectivity index (χ4v) is 2.59. The van der Waals surface area contributed by atoms with Gasteiger partial charge < -0.3 is 10.0 Å². The van der Waals surface area contributed by atoms with Gasteiger partial charge in [-0.1, -0.05) is 30.3 Å². The summed E-state index contributed by atoms with van der Waals surface area (Å²) >= 11 is 0. The first-order chi connectivity index (χ1) is 9.58. The number of amides is 1. The third-order valence-corrected chi connectivity index (χ3v) is 3.91. The molecule has 4 heteroatoms. The van der Waals surface area contributed by atoms with Crippen LogP contribution in [0.2, 0.25) is 0 Å². The zero-order valence-corrected chi connectivity index (χ0v) is 12.3. The number of aliphatic hydroxyl groups is 1. The fourth-order valence-electron chi connectivity index (χ4n) is 2.59. The number of piperazine rings is 1. The molecule has 1 aromatic rings. The number of benzene rings is 1. The summed E-state index contributed by atoms with van der Waals surface area (Å²) in [5.74, 6) is -0.141. The third-order valence-electron chi connectivity index (χ3n) is 3.91. The van der Waals surface area contributed by atoms with Gasteiger partial charge >= 0.3 is 0 Å². The van der Waals surface area contributed by atoms with Crippen molar-refractivity contribution in [3.63, 3.8) is 0 Å². The molecule has 1 saturated heterocycles. The van der Waals surface area contributed by atoms with Crippen LogP contribution < -0.4 is 0 Å². The average molecular weight is 276 g/mol. The molecule has 0 saturated carbocycles. The van der Waals surface area contributed by atoms with E-state index in [-0.39, 0.29) is 5.91 Å². The Morgan fingerprint density at radius 3 is 2.30 bits per heavy atom. The largest absolute Gasteiger partial charge is 0.383 e. The minimum absolute atomic E-state index is 0.141. The summed E-state index contributed by atoms with van der Waals surface area (Å²) in [5, 5.41) is 10.1. The summed E-state index contributed by atoms with van der Waals surface area (Å²) in [7, 11) is 0. The van der Waals surface area contributed by atoms with E-state index < -0.39 is 6.10 Å². The zero-order chi connectivity index (χ0) is 14.5. The van der Waals surface area contributed by atoms with Crippen molar-refractivity contribution in [2.75, 3.05) is 26.2 Å². The molecule has 110 valence electrons. The maximum Gasteiger partial charge on any atom is 0.251 e. The van der Waals surface area contributed by atoms with Crippen molar-refractivity contribution in [2.24, 2.45) is 0 Å². The van der Waals surface area contributed by atoms with Gasteiger partial charge in [-0.25, -0.2) is 0 Å². The predicted octanol–water partition coefficient (Wildman–Crippen LogP) is 1.14. The highest BCUT2D eigenvalue weighted by Crippen LogP contribution is 2.10. The van der Waals surface area contributed by atoms with Crippen LogP contribution in [0.3, 0.4) is 0 Å². The summed E-state index contributed by atoms with van der Waals surface area (Å²) in [6.07, 6.45) is -0.535. The van der Waals surface area contributed by atoms with Crippen molar-refractivity contribution in [1.29, 1.82) is 0 Å². The first-order valence-corrected chi connectivity index (χ1v) is 7.32. The van der Waals surface area contributed by atoms with E-state index >= 15 is 0 Å². The van der Waals surface area contributed by atoms with E-state index in [1.165, 1.54) is 0 Å². The number of rotatable bonds is 4. The molecular formula is C16H24N2O2. The first kappa shape index (κ1) is 15.0. The van der Waals surface area contributed by atoms with Crippen LogP contribution in [0.25, 0.3) is 0 Å². The van der Waals surface area contributed by atoms with E-state index in [4.69, 9.17) is 0 Å². The molecular weight excluding hydrogens is 252 g/mol. The number of nitrogens with zero attached hydrogens (tertiary/aromatic N) is 2. The van der Waals surface area contributed by atoms with Crippen LogP contribution in [0.1, 0.15) is 19.4 Å². The van der Waals surface area contributed by atoms with Gasteiger partial charge in [0.15, 0.2) is 0 Å². The van der Waals surface area contributed by atoms with Crippen molar-refractivity contribution in [2.45, 2.75) is 32.4 Å². The minimum atomic E-state index is -0.928. The number of hydrogen-bond acceptors (Lipinski definition) is 3. The SMILES string of the molecule is CC(C)N1CCN(C(=O)C(O)Cc2ccccc2)CC1. The van der Waals surface area contributed by atoms with Gasteiger partial charge in [0.1, 0.15) is 6.10 Å². The van der Waals surface area contributed by atoms with Crippen LogP contribution in [-0.4, -0.2) is 59.1 Å². The maximum absolute atomic E-state index is 12.2. The van der Waals surface area contributed by atoms with E-state index in [9.17, 15) is 9.90 Å². The number of hydrogen-bond donors (Lipinski definition) is 1. The molecule has 1 aliphatic rings. The molecule has 0 spiro atoms. The highest BCUT2D eigenvalue weighted by molar-refractivity contribution is 5.81. The van der Waals surface area contributed by atoms with Crippen LogP contribution >= 0.6 is 0 Å². The highest BCUT2D eigenvalue weighted by Gasteiger charge is 2.26. The molecule has 1 unspecified atom stereocenters. The van der Waals surface area contributed by atoms with Crippen LogP contribution in [0, 0.1) is 0 Å². The fraction of sp³-hybridized carbons (Fsp3) is 0.562. The van der Waals surface area contributed by atoms with Crippen molar-refractivity contribution in [3.05, 3.63) is 35.9 Å². The molecule has 0 aromatic heterocycles. The molecule has 0 radical (unpaired) electrons. The van der Waals surface area contributed by atoms with Gasteiger partial charge in [0.2, 0.25) is 0 Å². The maximum atomic E-state index is 12.2. The van der Waals surface area contributed by atoms with Gasteiger partial charge in [-0.05, 0) is 19.4 Å². The Labute approximate surface area is 121 Å². The number of aliphatic hydroxyl groups excluding tert-OH is 1. The second-order valence-electron chi connectivity index (χ2n) is 5.66.